The molecule has 0 aliphatic carbocycles. The minimum absolute atomic E-state index is 0.353. The molecule has 0 fully saturated rings. The molecule has 30 heavy (non-hydrogen) atoms. The van der Waals surface area contributed by atoms with E-state index in [2.05, 4.69) is 21.5 Å². The van der Waals surface area contributed by atoms with Crippen LogP contribution in [0.15, 0.2) is 79.9 Å². The number of ether oxygens (including phenoxy) is 1. The summed E-state index contributed by atoms with van der Waals surface area (Å²) in [5, 5.41) is 0.807. The summed E-state index contributed by atoms with van der Waals surface area (Å²) < 4.78 is 19.9. The van der Waals surface area contributed by atoms with Crippen LogP contribution in [0.2, 0.25) is 0 Å². The van der Waals surface area contributed by atoms with E-state index in [1.165, 1.54) is 12.3 Å². The zero-order valence-corrected chi connectivity index (χ0v) is 16.3. The van der Waals surface area contributed by atoms with Crippen molar-refractivity contribution in [1.29, 1.82) is 0 Å². The number of fused-ring (bicyclic) bond motifs is 1. The van der Waals surface area contributed by atoms with Crippen LogP contribution < -0.4 is 5.73 Å². The number of hydrogen-bond acceptors (Lipinski definition) is 5. The van der Waals surface area contributed by atoms with Gasteiger partial charge in [0.2, 0.25) is 0 Å². The van der Waals surface area contributed by atoms with Gasteiger partial charge in [-0.05, 0) is 53.1 Å². The van der Waals surface area contributed by atoms with Crippen LogP contribution in [0.3, 0.4) is 0 Å². The van der Waals surface area contributed by atoms with Crippen molar-refractivity contribution in [2.45, 2.75) is 0 Å². The third-order valence-corrected chi connectivity index (χ3v) is 4.84. The second kappa shape index (κ2) is 8.13. The number of methoxy groups -OCH3 is 1. The fraction of sp³-hybridized carbons (Fsp3) is 0.0417. The van der Waals surface area contributed by atoms with Gasteiger partial charge in [0.05, 0.1) is 12.8 Å². The van der Waals surface area contributed by atoms with E-state index < -0.39 is 0 Å². The van der Waals surface area contributed by atoms with Crippen molar-refractivity contribution in [2.24, 2.45) is 5.73 Å². The fourth-order valence-electron chi connectivity index (χ4n) is 3.38. The molecule has 0 unspecified atom stereocenters. The minimum atomic E-state index is -0.353. The number of rotatable bonds is 5. The van der Waals surface area contributed by atoms with Gasteiger partial charge in [-0.25, -0.2) is 14.4 Å². The SMILES string of the molecule is C=C(c1ccncc1/C(=C\N)OC)c1cc(-c2ccccc2F)nc2ncccc12. The Labute approximate surface area is 173 Å². The number of nitrogens with zero attached hydrogens (tertiary/aromatic N) is 3. The normalized spacial score (nSPS) is 11.5. The van der Waals surface area contributed by atoms with Crippen LogP contribution in [0.5, 0.6) is 0 Å². The van der Waals surface area contributed by atoms with Gasteiger partial charge < -0.3 is 10.5 Å². The van der Waals surface area contributed by atoms with Gasteiger partial charge in [0, 0.05) is 41.3 Å². The Balaban J connectivity index is 1.96. The van der Waals surface area contributed by atoms with E-state index >= 15 is 0 Å². The minimum Gasteiger partial charge on any atom is -0.495 e. The van der Waals surface area contributed by atoms with Gasteiger partial charge in [0.15, 0.2) is 5.65 Å². The topological polar surface area (TPSA) is 73.9 Å². The van der Waals surface area contributed by atoms with Gasteiger partial charge in [0.25, 0.3) is 0 Å². The summed E-state index contributed by atoms with van der Waals surface area (Å²) in [5.41, 5.74) is 10.1. The number of nitrogens with two attached hydrogens (primary N) is 1. The van der Waals surface area contributed by atoms with Crippen LogP contribution in [-0.2, 0) is 4.74 Å². The molecule has 3 aromatic heterocycles. The van der Waals surface area contributed by atoms with Crippen LogP contribution in [-0.4, -0.2) is 22.1 Å². The van der Waals surface area contributed by atoms with Gasteiger partial charge >= 0.3 is 0 Å². The summed E-state index contributed by atoms with van der Waals surface area (Å²) in [7, 11) is 1.54. The highest BCUT2D eigenvalue weighted by Crippen LogP contribution is 2.34. The Morgan fingerprint density at radius 2 is 1.90 bits per heavy atom. The lowest BCUT2D eigenvalue weighted by Gasteiger charge is -2.16. The molecular formula is C24H19FN4O. The van der Waals surface area contributed by atoms with Crippen LogP contribution >= 0.6 is 0 Å². The van der Waals surface area contributed by atoms with E-state index in [4.69, 9.17) is 10.5 Å². The average molecular weight is 398 g/mol. The molecule has 2 N–H and O–H groups in total. The summed E-state index contributed by atoms with van der Waals surface area (Å²) in [4.78, 5) is 13.1. The Kier molecular flexibility index (Phi) is 5.22. The van der Waals surface area contributed by atoms with E-state index in [1.54, 1.807) is 43.9 Å². The van der Waals surface area contributed by atoms with E-state index in [1.807, 2.05) is 24.3 Å². The van der Waals surface area contributed by atoms with Gasteiger partial charge in [-0.1, -0.05) is 18.7 Å². The van der Waals surface area contributed by atoms with Crippen LogP contribution in [0.25, 0.3) is 33.6 Å². The average Bonchev–Trinajstić information content (AvgIpc) is 2.79. The zero-order chi connectivity index (χ0) is 21.1. The first kappa shape index (κ1) is 19.3. The van der Waals surface area contributed by atoms with Crippen LogP contribution in [0.4, 0.5) is 4.39 Å². The Morgan fingerprint density at radius 3 is 2.67 bits per heavy atom. The summed E-state index contributed by atoms with van der Waals surface area (Å²) >= 11 is 0. The highest BCUT2D eigenvalue weighted by molar-refractivity contribution is 5.97. The second-order valence-corrected chi connectivity index (χ2v) is 6.54. The summed E-state index contributed by atoms with van der Waals surface area (Å²) in [6, 6.07) is 13.9. The quantitative estimate of drug-likeness (QED) is 0.489. The van der Waals surface area contributed by atoms with Crippen molar-refractivity contribution in [3.63, 3.8) is 0 Å². The highest BCUT2D eigenvalue weighted by Gasteiger charge is 2.17. The van der Waals surface area contributed by atoms with E-state index in [-0.39, 0.29) is 5.82 Å². The van der Waals surface area contributed by atoms with Crippen molar-refractivity contribution in [3.8, 4) is 11.3 Å². The summed E-state index contributed by atoms with van der Waals surface area (Å²) in [6.45, 7) is 4.31. The molecule has 0 atom stereocenters. The number of pyridine rings is 3. The molecule has 1 aromatic carbocycles. The van der Waals surface area contributed by atoms with E-state index in [0.717, 1.165) is 16.5 Å². The molecule has 0 aliphatic rings. The molecule has 0 bridgehead atoms. The smallest absolute Gasteiger partial charge is 0.160 e. The molecule has 5 nitrogen and oxygen atoms in total. The van der Waals surface area contributed by atoms with Crippen molar-refractivity contribution in [3.05, 3.63) is 102 Å². The van der Waals surface area contributed by atoms with Crippen molar-refractivity contribution >= 4 is 22.4 Å². The molecule has 0 spiro atoms. The lowest BCUT2D eigenvalue weighted by Crippen LogP contribution is -2.01. The molecule has 3 heterocycles. The van der Waals surface area contributed by atoms with E-state index in [0.29, 0.717) is 33.8 Å². The lowest BCUT2D eigenvalue weighted by atomic mass is 9.93. The lowest BCUT2D eigenvalue weighted by molar-refractivity contribution is 0.369. The monoisotopic (exact) mass is 398 g/mol. The molecule has 148 valence electrons. The van der Waals surface area contributed by atoms with Crippen LogP contribution in [0.1, 0.15) is 16.7 Å². The molecule has 4 aromatic rings. The summed E-state index contributed by atoms with van der Waals surface area (Å²) in [5.74, 6) is 0.124. The van der Waals surface area contributed by atoms with Gasteiger partial charge in [-0.2, -0.15) is 0 Å². The number of halogens is 1. The Morgan fingerprint density at radius 1 is 1.07 bits per heavy atom. The first-order valence-corrected chi connectivity index (χ1v) is 9.24. The molecule has 4 rings (SSSR count). The molecular weight excluding hydrogens is 379 g/mol. The van der Waals surface area contributed by atoms with Crippen molar-refractivity contribution < 1.29 is 9.13 Å². The predicted molar refractivity (Wildman–Crippen MR) is 116 cm³/mol. The Bertz CT molecular complexity index is 1280. The van der Waals surface area contributed by atoms with Crippen molar-refractivity contribution in [2.75, 3.05) is 7.11 Å². The first-order valence-electron chi connectivity index (χ1n) is 9.24. The van der Waals surface area contributed by atoms with E-state index in [9.17, 15) is 4.39 Å². The maximum atomic E-state index is 14.5. The van der Waals surface area contributed by atoms with Gasteiger partial charge in [0.1, 0.15) is 11.6 Å². The zero-order valence-electron chi connectivity index (χ0n) is 16.3. The molecule has 0 aliphatic heterocycles. The maximum absolute atomic E-state index is 14.5. The molecule has 0 amide bonds. The van der Waals surface area contributed by atoms with Crippen LogP contribution in [0, 0.1) is 5.82 Å². The first-order chi connectivity index (χ1) is 14.6. The third-order valence-electron chi connectivity index (χ3n) is 4.84. The van der Waals surface area contributed by atoms with Gasteiger partial charge in [-0.3, -0.25) is 4.98 Å². The van der Waals surface area contributed by atoms with Crippen molar-refractivity contribution in [1.82, 2.24) is 15.0 Å². The summed E-state index contributed by atoms with van der Waals surface area (Å²) in [6.07, 6.45) is 6.38. The molecule has 0 radical (unpaired) electrons. The molecule has 6 heteroatoms. The standard InChI is InChI=1S/C24H19FN4O/c1-15(16-9-11-27-14-20(16)23(13-26)30-2)19-12-22(18-6-3-4-8-21(18)25)29-24-17(19)7-5-10-28-24/h3-14H,1,26H2,2H3/b23-13+. The molecule has 0 saturated heterocycles. The fourth-order valence-corrected chi connectivity index (χ4v) is 3.38. The Hall–Kier alpha value is -4.06. The highest BCUT2D eigenvalue weighted by atomic mass is 19.1. The number of aromatic nitrogens is 3. The largest absolute Gasteiger partial charge is 0.495 e. The second-order valence-electron chi connectivity index (χ2n) is 6.54. The number of benzene rings is 1. The number of hydrogen-bond donors (Lipinski definition) is 1. The third kappa shape index (κ3) is 3.39. The maximum Gasteiger partial charge on any atom is 0.160 e. The van der Waals surface area contributed by atoms with Gasteiger partial charge in [-0.15, -0.1) is 0 Å². The predicted octanol–water partition coefficient (Wildman–Crippen LogP) is 4.80. The molecule has 0 saturated carbocycles.